The van der Waals surface area contributed by atoms with Crippen LogP contribution in [0.4, 0.5) is 0 Å². The fourth-order valence-electron chi connectivity index (χ4n) is 1.59. The fourth-order valence-corrected chi connectivity index (χ4v) is 3.32. The smallest absolute Gasteiger partial charge is 0.244 e. The molecule has 0 aliphatic carbocycles. The summed E-state index contributed by atoms with van der Waals surface area (Å²) in [7, 11) is -2.11. The molecule has 0 fully saturated rings. The molecule has 0 aromatic heterocycles. The molecule has 0 aliphatic heterocycles. The zero-order valence-corrected chi connectivity index (χ0v) is 12.4. The van der Waals surface area contributed by atoms with Gasteiger partial charge in [0.2, 0.25) is 10.0 Å². The Balaban J connectivity index is 3.01. The Hall–Kier alpha value is -0.880. The monoisotopic (exact) mass is 303 g/mol. The van der Waals surface area contributed by atoms with Crippen molar-refractivity contribution >= 4 is 21.6 Å². The summed E-state index contributed by atoms with van der Waals surface area (Å²) in [4.78, 5) is 0.0295. The molecule has 0 heterocycles. The molecular formula is C13H18ClNO3S. The highest BCUT2D eigenvalue weighted by Crippen LogP contribution is 2.25. The summed E-state index contributed by atoms with van der Waals surface area (Å²) in [5.74, 6) is 0. The number of aliphatic hydroxyl groups is 1. The van der Waals surface area contributed by atoms with E-state index in [1.165, 1.54) is 23.5 Å². The van der Waals surface area contributed by atoms with Crippen LogP contribution in [0.15, 0.2) is 35.7 Å². The number of hydrogen-bond donors (Lipinski definition) is 1. The van der Waals surface area contributed by atoms with Crippen LogP contribution < -0.4 is 0 Å². The zero-order chi connectivity index (χ0) is 14.5. The van der Waals surface area contributed by atoms with E-state index in [0.29, 0.717) is 18.5 Å². The van der Waals surface area contributed by atoms with E-state index in [2.05, 4.69) is 6.58 Å². The number of aliphatic hydroxyl groups excluding tert-OH is 1. The molecule has 1 rings (SSSR count). The molecule has 19 heavy (non-hydrogen) atoms. The van der Waals surface area contributed by atoms with Crippen LogP contribution in [0.3, 0.4) is 0 Å². The average molecular weight is 304 g/mol. The molecule has 1 aromatic carbocycles. The number of benzene rings is 1. The van der Waals surface area contributed by atoms with Gasteiger partial charge in [-0.15, -0.1) is 6.58 Å². The van der Waals surface area contributed by atoms with Crippen molar-refractivity contribution in [2.75, 3.05) is 13.6 Å². The lowest BCUT2D eigenvalue weighted by molar-refractivity contribution is 0.281. The average Bonchev–Trinajstić information content (AvgIpc) is 2.39. The number of unbranched alkanes of at least 4 members (excludes halogenated alkanes) is 1. The molecule has 0 amide bonds. The van der Waals surface area contributed by atoms with Crippen molar-refractivity contribution in [3.8, 4) is 0 Å². The Labute approximate surface area is 119 Å². The van der Waals surface area contributed by atoms with E-state index < -0.39 is 10.0 Å². The van der Waals surface area contributed by atoms with Gasteiger partial charge in [-0.2, -0.15) is 0 Å². The number of rotatable bonds is 7. The normalized spacial score (nSPS) is 11.8. The maximum atomic E-state index is 12.3. The SMILES string of the molecule is C=CCCCN(C)S(=O)(=O)c1cc(CO)ccc1Cl. The molecule has 1 N–H and O–H groups in total. The molecule has 0 atom stereocenters. The quantitative estimate of drug-likeness (QED) is 0.621. The van der Waals surface area contributed by atoms with Crippen molar-refractivity contribution in [2.24, 2.45) is 0 Å². The molecule has 4 nitrogen and oxygen atoms in total. The van der Waals surface area contributed by atoms with E-state index >= 15 is 0 Å². The van der Waals surface area contributed by atoms with Gasteiger partial charge < -0.3 is 5.11 Å². The summed E-state index contributed by atoms with van der Waals surface area (Å²) in [5.41, 5.74) is 0.516. The van der Waals surface area contributed by atoms with Crippen molar-refractivity contribution in [2.45, 2.75) is 24.3 Å². The molecule has 1 aromatic rings. The second kappa shape index (κ2) is 7.05. The molecule has 0 saturated carbocycles. The van der Waals surface area contributed by atoms with Gasteiger partial charge in [0.1, 0.15) is 4.90 Å². The van der Waals surface area contributed by atoms with Crippen LogP contribution >= 0.6 is 11.6 Å². The summed E-state index contributed by atoms with van der Waals surface area (Å²) in [6, 6.07) is 4.48. The summed E-state index contributed by atoms with van der Waals surface area (Å²) in [6.07, 6.45) is 3.21. The van der Waals surface area contributed by atoms with Gasteiger partial charge in [0.25, 0.3) is 0 Å². The highest BCUT2D eigenvalue weighted by molar-refractivity contribution is 7.89. The number of nitrogens with zero attached hydrogens (tertiary/aromatic N) is 1. The summed E-state index contributed by atoms with van der Waals surface area (Å²) in [6.45, 7) is 3.77. The fraction of sp³-hybridized carbons (Fsp3) is 0.385. The van der Waals surface area contributed by atoms with Crippen LogP contribution in [0.1, 0.15) is 18.4 Å². The van der Waals surface area contributed by atoms with Gasteiger partial charge in [-0.25, -0.2) is 12.7 Å². The van der Waals surface area contributed by atoms with Crippen LogP contribution in [0.2, 0.25) is 5.02 Å². The third-order valence-corrected chi connectivity index (χ3v) is 5.09. The van der Waals surface area contributed by atoms with Gasteiger partial charge in [-0.3, -0.25) is 0 Å². The molecule has 6 heteroatoms. The molecule has 0 radical (unpaired) electrons. The first-order valence-corrected chi connectivity index (χ1v) is 7.71. The Kier molecular flexibility index (Phi) is 6.00. The van der Waals surface area contributed by atoms with E-state index in [4.69, 9.17) is 16.7 Å². The minimum absolute atomic E-state index is 0.0295. The van der Waals surface area contributed by atoms with Crippen molar-refractivity contribution < 1.29 is 13.5 Å². The van der Waals surface area contributed by atoms with E-state index in [9.17, 15) is 8.42 Å². The van der Waals surface area contributed by atoms with Gasteiger partial charge in [0.05, 0.1) is 11.6 Å². The zero-order valence-electron chi connectivity index (χ0n) is 10.8. The molecule has 106 valence electrons. The van der Waals surface area contributed by atoms with Crippen LogP contribution in [0, 0.1) is 0 Å². The topological polar surface area (TPSA) is 57.6 Å². The first-order valence-electron chi connectivity index (χ1n) is 5.90. The first kappa shape index (κ1) is 16.2. The first-order chi connectivity index (χ1) is 8.93. The molecule has 0 saturated heterocycles. The lowest BCUT2D eigenvalue weighted by atomic mass is 10.2. The van der Waals surface area contributed by atoms with Gasteiger partial charge in [0.15, 0.2) is 0 Å². The van der Waals surface area contributed by atoms with E-state index in [1.807, 2.05) is 0 Å². The van der Waals surface area contributed by atoms with Crippen molar-refractivity contribution in [3.05, 3.63) is 41.4 Å². The third kappa shape index (κ3) is 4.04. The molecule has 0 unspecified atom stereocenters. The molecule has 0 aliphatic rings. The second-order valence-electron chi connectivity index (χ2n) is 4.18. The number of allylic oxidation sites excluding steroid dienone is 1. The summed E-state index contributed by atoms with van der Waals surface area (Å²) in [5, 5.41) is 9.23. The van der Waals surface area contributed by atoms with Crippen LogP contribution in [0.5, 0.6) is 0 Å². The Morgan fingerprint density at radius 2 is 2.16 bits per heavy atom. The predicted octanol–water partition coefficient (Wildman–Crippen LogP) is 2.42. The molecule has 0 spiro atoms. The van der Waals surface area contributed by atoms with Gasteiger partial charge in [0, 0.05) is 13.6 Å². The second-order valence-corrected chi connectivity index (χ2v) is 6.60. The van der Waals surface area contributed by atoms with Gasteiger partial charge in [-0.1, -0.05) is 23.7 Å². The number of sulfonamides is 1. The lowest BCUT2D eigenvalue weighted by Crippen LogP contribution is -2.28. The van der Waals surface area contributed by atoms with Gasteiger partial charge >= 0.3 is 0 Å². The lowest BCUT2D eigenvalue weighted by Gasteiger charge is -2.18. The minimum Gasteiger partial charge on any atom is -0.392 e. The summed E-state index contributed by atoms with van der Waals surface area (Å²) < 4.78 is 26.0. The number of hydrogen-bond acceptors (Lipinski definition) is 3. The van der Waals surface area contributed by atoms with E-state index in [0.717, 1.165) is 6.42 Å². The maximum absolute atomic E-state index is 12.3. The van der Waals surface area contributed by atoms with Crippen LogP contribution in [0.25, 0.3) is 0 Å². The van der Waals surface area contributed by atoms with Gasteiger partial charge in [-0.05, 0) is 30.5 Å². The highest BCUT2D eigenvalue weighted by atomic mass is 35.5. The largest absolute Gasteiger partial charge is 0.392 e. The third-order valence-electron chi connectivity index (χ3n) is 2.75. The predicted molar refractivity (Wildman–Crippen MR) is 76.6 cm³/mol. The Morgan fingerprint density at radius 1 is 1.47 bits per heavy atom. The highest BCUT2D eigenvalue weighted by Gasteiger charge is 2.23. The van der Waals surface area contributed by atoms with Crippen LogP contribution in [-0.2, 0) is 16.6 Å². The van der Waals surface area contributed by atoms with E-state index in [1.54, 1.807) is 12.1 Å². The van der Waals surface area contributed by atoms with Crippen molar-refractivity contribution in [1.82, 2.24) is 4.31 Å². The van der Waals surface area contributed by atoms with Crippen molar-refractivity contribution in [1.29, 1.82) is 0 Å². The van der Waals surface area contributed by atoms with Crippen LogP contribution in [-0.4, -0.2) is 31.4 Å². The summed E-state index contributed by atoms with van der Waals surface area (Å²) >= 11 is 5.94. The standard InChI is InChI=1S/C13H18ClNO3S/c1-3-4-5-8-15(2)19(17,18)13-9-11(10-16)6-7-12(13)14/h3,6-7,9,16H,1,4-5,8,10H2,2H3. The van der Waals surface area contributed by atoms with Crippen molar-refractivity contribution in [3.63, 3.8) is 0 Å². The van der Waals surface area contributed by atoms with E-state index in [-0.39, 0.29) is 16.5 Å². The Bertz CT molecular complexity index is 543. The maximum Gasteiger partial charge on any atom is 0.244 e. The molecule has 0 bridgehead atoms. The minimum atomic E-state index is -3.63. The Morgan fingerprint density at radius 3 is 2.74 bits per heavy atom. The number of halogens is 1. The molecular weight excluding hydrogens is 286 g/mol.